The molecule has 0 atom stereocenters. The van der Waals surface area contributed by atoms with Crippen LogP contribution in [0.15, 0.2) is 29.8 Å². The molecule has 1 fully saturated rings. The van der Waals surface area contributed by atoms with Gasteiger partial charge < -0.3 is 4.90 Å². The quantitative estimate of drug-likeness (QED) is 0.437. The third kappa shape index (κ3) is 3.92. The summed E-state index contributed by atoms with van der Waals surface area (Å²) in [6.45, 7) is 5.14. The van der Waals surface area contributed by atoms with Gasteiger partial charge in [0.15, 0.2) is 5.11 Å². The van der Waals surface area contributed by atoms with E-state index in [1.165, 1.54) is 9.80 Å². The summed E-state index contributed by atoms with van der Waals surface area (Å²) in [6.07, 6.45) is 2.06. The van der Waals surface area contributed by atoms with Crippen molar-refractivity contribution in [2.45, 2.75) is 20.3 Å². The smallest absolute Gasteiger partial charge is 0.265 e. The van der Waals surface area contributed by atoms with Gasteiger partial charge in [-0.3, -0.25) is 19.4 Å². The third-order valence-corrected chi connectivity index (χ3v) is 4.69. The van der Waals surface area contributed by atoms with Crippen molar-refractivity contribution in [2.75, 3.05) is 31.6 Å². The van der Waals surface area contributed by atoms with Gasteiger partial charge >= 0.3 is 0 Å². The highest BCUT2D eigenvalue weighted by Crippen LogP contribution is 2.21. The van der Waals surface area contributed by atoms with E-state index in [0.717, 1.165) is 11.3 Å². The molecule has 0 spiro atoms. The fraction of sp³-hybridized carbons (Fsp3) is 0.368. The Hall–Kier alpha value is -2.72. The Kier molecular flexibility index (Phi) is 6.47. The zero-order valence-corrected chi connectivity index (χ0v) is 16.0. The molecule has 0 radical (unpaired) electrons. The second-order valence-corrected chi connectivity index (χ2v) is 6.23. The van der Waals surface area contributed by atoms with Crippen LogP contribution < -0.4 is 4.90 Å². The highest BCUT2D eigenvalue weighted by molar-refractivity contribution is 7.80. The summed E-state index contributed by atoms with van der Waals surface area (Å²) in [6, 6.07) is 9.63. The Morgan fingerprint density at radius 1 is 1.12 bits per heavy atom. The molecule has 26 heavy (non-hydrogen) atoms. The van der Waals surface area contributed by atoms with E-state index in [4.69, 9.17) is 17.5 Å². The molecule has 0 aromatic heterocycles. The second kappa shape index (κ2) is 8.59. The average Bonchev–Trinajstić information content (AvgIpc) is 2.64. The van der Waals surface area contributed by atoms with E-state index in [9.17, 15) is 9.59 Å². The number of benzene rings is 1. The van der Waals surface area contributed by atoms with Gasteiger partial charge in [0.05, 0.1) is 12.5 Å². The van der Waals surface area contributed by atoms with Crippen molar-refractivity contribution < 1.29 is 9.59 Å². The zero-order chi connectivity index (χ0) is 19.3. The molecular formula is C19H22N4O2S. The van der Waals surface area contributed by atoms with Crippen molar-refractivity contribution in [3.8, 4) is 6.07 Å². The molecule has 1 aliphatic rings. The molecule has 2 rings (SSSR count). The molecule has 1 aromatic carbocycles. The van der Waals surface area contributed by atoms with Gasteiger partial charge in [-0.2, -0.15) is 5.26 Å². The second-order valence-electron chi connectivity index (χ2n) is 5.86. The van der Waals surface area contributed by atoms with Crippen LogP contribution in [0.25, 0.3) is 6.08 Å². The van der Waals surface area contributed by atoms with Crippen molar-refractivity contribution >= 4 is 40.9 Å². The van der Waals surface area contributed by atoms with Crippen LogP contribution in [0.4, 0.5) is 5.69 Å². The summed E-state index contributed by atoms with van der Waals surface area (Å²) < 4.78 is 0. The zero-order valence-electron chi connectivity index (χ0n) is 15.2. The number of hydrogen-bond donors (Lipinski definition) is 0. The molecule has 0 saturated carbocycles. The number of nitriles is 1. The SMILES string of the molecule is CCN1C(=O)C(=Cc2ccc(N(C)CCC#N)cc2)C(=O)N(CC)C1=S. The highest BCUT2D eigenvalue weighted by Gasteiger charge is 2.37. The monoisotopic (exact) mass is 370 g/mol. The molecule has 0 aliphatic carbocycles. The lowest BCUT2D eigenvalue weighted by molar-refractivity contribution is -0.133. The molecule has 1 saturated heterocycles. The van der Waals surface area contributed by atoms with Gasteiger partial charge in [-0.25, -0.2) is 0 Å². The van der Waals surface area contributed by atoms with Crippen molar-refractivity contribution in [1.82, 2.24) is 9.80 Å². The summed E-state index contributed by atoms with van der Waals surface area (Å²) in [5.41, 5.74) is 1.85. The van der Waals surface area contributed by atoms with Gasteiger partial charge in [0.2, 0.25) is 0 Å². The molecule has 0 N–H and O–H groups in total. The summed E-state index contributed by atoms with van der Waals surface area (Å²) in [4.78, 5) is 30.1. The molecule has 1 aliphatic heterocycles. The van der Waals surface area contributed by atoms with Crippen LogP contribution in [0.2, 0.25) is 0 Å². The number of rotatable bonds is 6. The number of likely N-dealkylation sites (N-methyl/N-ethyl adjacent to an activating group) is 2. The first-order valence-electron chi connectivity index (χ1n) is 8.52. The number of thiocarbonyl (C=S) groups is 1. The van der Waals surface area contributed by atoms with Crippen molar-refractivity contribution in [2.24, 2.45) is 0 Å². The van der Waals surface area contributed by atoms with E-state index in [0.29, 0.717) is 26.1 Å². The van der Waals surface area contributed by atoms with Gasteiger partial charge in [0.25, 0.3) is 11.8 Å². The Labute approximate surface area is 159 Å². The van der Waals surface area contributed by atoms with Gasteiger partial charge in [0, 0.05) is 32.4 Å². The summed E-state index contributed by atoms with van der Waals surface area (Å²) >= 11 is 5.25. The number of carbonyl (C=O) groups is 2. The van der Waals surface area contributed by atoms with Crippen LogP contribution in [-0.2, 0) is 9.59 Å². The first-order valence-corrected chi connectivity index (χ1v) is 8.92. The van der Waals surface area contributed by atoms with Crippen molar-refractivity contribution in [1.29, 1.82) is 5.26 Å². The molecule has 0 unspecified atom stereocenters. The molecule has 6 nitrogen and oxygen atoms in total. The minimum Gasteiger partial charge on any atom is -0.374 e. The van der Waals surface area contributed by atoms with E-state index in [1.54, 1.807) is 6.08 Å². The lowest BCUT2D eigenvalue weighted by atomic mass is 10.1. The number of nitrogens with zero attached hydrogens (tertiary/aromatic N) is 4. The fourth-order valence-corrected chi connectivity index (χ4v) is 3.15. The molecule has 0 bridgehead atoms. The molecule has 136 valence electrons. The van der Waals surface area contributed by atoms with E-state index in [-0.39, 0.29) is 22.5 Å². The molecular weight excluding hydrogens is 348 g/mol. The van der Waals surface area contributed by atoms with E-state index < -0.39 is 0 Å². The molecule has 7 heteroatoms. The van der Waals surface area contributed by atoms with E-state index >= 15 is 0 Å². The van der Waals surface area contributed by atoms with Crippen LogP contribution in [0, 0.1) is 11.3 Å². The number of hydrogen-bond acceptors (Lipinski definition) is 5. The van der Waals surface area contributed by atoms with Crippen molar-refractivity contribution in [3.05, 3.63) is 35.4 Å². The minimum atomic E-state index is -0.359. The first-order chi connectivity index (χ1) is 12.4. The predicted molar refractivity (Wildman–Crippen MR) is 105 cm³/mol. The summed E-state index contributed by atoms with van der Waals surface area (Å²) in [7, 11) is 1.91. The maximum Gasteiger partial charge on any atom is 0.265 e. The Bertz CT molecular complexity index is 752. The van der Waals surface area contributed by atoms with Gasteiger partial charge in [-0.05, 0) is 49.8 Å². The maximum atomic E-state index is 12.6. The number of amides is 2. The summed E-state index contributed by atoms with van der Waals surface area (Å²) in [5, 5.41) is 8.94. The van der Waals surface area contributed by atoms with Crippen LogP contribution >= 0.6 is 12.2 Å². The van der Waals surface area contributed by atoms with Gasteiger partial charge in [-0.1, -0.05) is 12.1 Å². The normalized spacial score (nSPS) is 14.5. The Morgan fingerprint density at radius 3 is 2.12 bits per heavy atom. The largest absolute Gasteiger partial charge is 0.374 e. The average molecular weight is 370 g/mol. The summed E-state index contributed by atoms with van der Waals surface area (Å²) in [5.74, 6) is -0.718. The van der Waals surface area contributed by atoms with E-state index in [1.807, 2.05) is 50.1 Å². The lowest BCUT2D eigenvalue weighted by Gasteiger charge is -2.35. The Morgan fingerprint density at radius 2 is 1.65 bits per heavy atom. The van der Waals surface area contributed by atoms with Gasteiger partial charge in [0.1, 0.15) is 5.57 Å². The lowest BCUT2D eigenvalue weighted by Crippen LogP contribution is -2.55. The first kappa shape index (κ1) is 19.6. The molecule has 1 heterocycles. The van der Waals surface area contributed by atoms with E-state index in [2.05, 4.69) is 6.07 Å². The van der Waals surface area contributed by atoms with Crippen molar-refractivity contribution in [3.63, 3.8) is 0 Å². The topological polar surface area (TPSA) is 67.6 Å². The van der Waals surface area contributed by atoms with Crippen LogP contribution in [0.3, 0.4) is 0 Å². The third-order valence-electron chi connectivity index (χ3n) is 4.25. The van der Waals surface area contributed by atoms with Crippen LogP contribution in [0.1, 0.15) is 25.8 Å². The van der Waals surface area contributed by atoms with Crippen LogP contribution in [0.5, 0.6) is 0 Å². The fourth-order valence-electron chi connectivity index (χ4n) is 2.72. The standard InChI is InChI=1S/C19H22N4O2S/c1-4-22-17(24)16(18(25)23(5-2)19(22)26)13-14-7-9-15(10-8-14)21(3)12-6-11-20/h7-10,13H,4-6,12H2,1-3H3. The number of carbonyl (C=O) groups excluding carboxylic acids is 2. The molecule has 2 amide bonds. The highest BCUT2D eigenvalue weighted by atomic mass is 32.1. The Balaban J connectivity index is 2.29. The maximum absolute atomic E-state index is 12.6. The molecule has 1 aromatic rings. The van der Waals surface area contributed by atoms with Gasteiger partial charge in [-0.15, -0.1) is 0 Å². The van der Waals surface area contributed by atoms with Crippen LogP contribution in [-0.4, -0.2) is 53.4 Å². The predicted octanol–water partition coefficient (Wildman–Crippen LogP) is 2.42. The number of anilines is 1. The minimum absolute atomic E-state index is 0.118.